The van der Waals surface area contributed by atoms with Crippen LogP contribution in [0.3, 0.4) is 0 Å². The van der Waals surface area contributed by atoms with E-state index in [1.807, 2.05) is 52.0 Å². The second-order valence-corrected chi connectivity index (χ2v) is 6.54. The Hall–Kier alpha value is -2.82. The van der Waals surface area contributed by atoms with E-state index in [1.54, 1.807) is 24.3 Å². The third kappa shape index (κ3) is 5.62. The molecule has 1 unspecified atom stereocenters. The number of aryl methyl sites for hydroxylation is 1. The maximum absolute atomic E-state index is 12.5. The fourth-order valence-electron chi connectivity index (χ4n) is 2.29. The molecule has 5 nitrogen and oxygen atoms in total. The van der Waals surface area contributed by atoms with E-state index in [9.17, 15) is 9.59 Å². The second kappa shape index (κ2) is 9.04. The summed E-state index contributed by atoms with van der Waals surface area (Å²) in [6.45, 7) is 7.56. The topological polar surface area (TPSA) is 67.4 Å². The van der Waals surface area contributed by atoms with Crippen LogP contribution >= 0.6 is 0 Å². The molecule has 0 aromatic heterocycles. The van der Waals surface area contributed by atoms with Gasteiger partial charge in [-0.05, 0) is 43.7 Å². The molecule has 26 heavy (non-hydrogen) atoms. The third-order valence-electron chi connectivity index (χ3n) is 3.88. The first-order valence-electron chi connectivity index (χ1n) is 8.84. The van der Waals surface area contributed by atoms with E-state index < -0.39 is 6.10 Å². The van der Waals surface area contributed by atoms with E-state index >= 15 is 0 Å². The van der Waals surface area contributed by atoms with Gasteiger partial charge < -0.3 is 15.4 Å². The van der Waals surface area contributed by atoms with E-state index in [2.05, 4.69) is 10.6 Å². The average Bonchev–Trinajstić information content (AvgIpc) is 2.61. The first-order valence-corrected chi connectivity index (χ1v) is 8.84. The fourth-order valence-corrected chi connectivity index (χ4v) is 2.29. The molecule has 0 saturated carbocycles. The Bertz CT molecular complexity index is 754. The number of amides is 2. The lowest BCUT2D eigenvalue weighted by Crippen LogP contribution is -2.32. The van der Waals surface area contributed by atoms with Crippen molar-refractivity contribution in [1.29, 1.82) is 0 Å². The van der Waals surface area contributed by atoms with Crippen LogP contribution in [0.5, 0.6) is 5.75 Å². The van der Waals surface area contributed by atoms with Crippen molar-refractivity contribution in [3.05, 3.63) is 54.1 Å². The Morgan fingerprint density at radius 1 is 0.962 bits per heavy atom. The number of anilines is 2. The molecule has 0 fully saturated rings. The van der Waals surface area contributed by atoms with Crippen molar-refractivity contribution in [3.63, 3.8) is 0 Å². The number of hydrogen-bond acceptors (Lipinski definition) is 3. The van der Waals surface area contributed by atoms with Gasteiger partial charge in [-0.1, -0.05) is 44.5 Å². The van der Waals surface area contributed by atoms with Crippen molar-refractivity contribution in [2.24, 2.45) is 5.92 Å². The van der Waals surface area contributed by atoms with Crippen LogP contribution in [0.25, 0.3) is 0 Å². The van der Waals surface area contributed by atoms with Gasteiger partial charge in [0.25, 0.3) is 5.91 Å². The van der Waals surface area contributed by atoms with E-state index in [0.29, 0.717) is 23.5 Å². The lowest BCUT2D eigenvalue weighted by Gasteiger charge is -2.18. The molecule has 138 valence electrons. The first kappa shape index (κ1) is 19.5. The van der Waals surface area contributed by atoms with Gasteiger partial charge in [0.1, 0.15) is 5.75 Å². The van der Waals surface area contributed by atoms with E-state index in [1.165, 1.54) is 0 Å². The summed E-state index contributed by atoms with van der Waals surface area (Å²) in [5, 5.41) is 5.67. The smallest absolute Gasteiger partial charge is 0.265 e. The number of nitrogens with one attached hydrogen (secondary N) is 2. The summed E-state index contributed by atoms with van der Waals surface area (Å²) in [5.74, 6) is 0.263. The Kier molecular flexibility index (Phi) is 6.78. The number of benzene rings is 2. The quantitative estimate of drug-likeness (QED) is 0.775. The summed E-state index contributed by atoms with van der Waals surface area (Å²) in [5.41, 5.74) is 2.40. The van der Waals surface area contributed by atoms with Gasteiger partial charge in [-0.3, -0.25) is 9.59 Å². The predicted octanol–water partition coefficient (Wildman–Crippen LogP) is 4.39. The summed E-state index contributed by atoms with van der Waals surface area (Å²) < 4.78 is 5.80. The number of carbonyl (C=O) groups excluding carboxylic acids is 2. The molecule has 0 aliphatic heterocycles. The van der Waals surface area contributed by atoms with Crippen LogP contribution in [0.1, 0.15) is 32.8 Å². The zero-order valence-corrected chi connectivity index (χ0v) is 15.7. The molecule has 0 aliphatic rings. The molecule has 2 N–H and O–H groups in total. The average molecular weight is 354 g/mol. The minimum Gasteiger partial charge on any atom is -0.481 e. The predicted molar refractivity (Wildman–Crippen MR) is 104 cm³/mol. The van der Waals surface area contributed by atoms with Gasteiger partial charge in [0.05, 0.1) is 0 Å². The molecule has 0 heterocycles. The van der Waals surface area contributed by atoms with Gasteiger partial charge in [0, 0.05) is 17.3 Å². The van der Waals surface area contributed by atoms with Gasteiger partial charge in [0.2, 0.25) is 5.91 Å². The molecule has 2 aromatic carbocycles. The molecule has 1 atom stereocenters. The van der Waals surface area contributed by atoms with Gasteiger partial charge in [-0.15, -0.1) is 0 Å². The molecule has 2 amide bonds. The molecule has 5 heteroatoms. The van der Waals surface area contributed by atoms with E-state index in [0.717, 1.165) is 5.56 Å². The minimum absolute atomic E-state index is 0.0670. The Morgan fingerprint density at radius 2 is 1.54 bits per heavy atom. The largest absolute Gasteiger partial charge is 0.481 e. The summed E-state index contributed by atoms with van der Waals surface area (Å²) in [6.07, 6.45) is -0.0460. The van der Waals surface area contributed by atoms with Gasteiger partial charge in [-0.25, -0.2) is 0 Å². The van der Waals surface area contributed by atoms with Crippen molar-refractivity contribution < 1.29 is 14.3 Å². The lowest BCUT2D eigenvalue weighted by molar-refractivity contribution is -0.122. The maximum Gasteiger partial charge on any atom is 0.265 e. The highest BCUT2D eigenvalue weighted by Crippen LogP contribution is 2.18. The lowest BCUT2D eigenvalue weighted by atomic mass is 10.2. The van der Waals surface area contributed by atoms with Crippen LogP contribution in [0.4, 0.5) is 11.4 Å². The van der Waals surface area contributed by atoms with Crippen molar-refractivity contribution in [3.8, 4) is 5.75 Å². The van der Waals surface area contributed by atoms with Gasteiger partial charge in [-0.2, -0.15) is 0 Å². The summed E-state index contributed by atoms with van der Waals surface area (Å²) in [7, 11) is 0. The summed E-state index contributed by atoms with van der Waals surface area (Å²) in [6, 6.07) is 14.7. The van der Waals surface area contributed by atoms with E-state index in [-0.39, 0.29) is 17.7 Å². The van der Waals surface area contributed by atoms with E-state index in [4.69, 9.17) is 4.74 Å². The minimum atomic E-state index is -0.591. The molecule has 2 rings (SSSR count). The molecule has 0 bridgehead atoms. The maximum atomic E-state index is 12.5. The summed E-state index contributed by atoms with van der Waals surface area (Å²) in [4.78, 5) is 24.3. The highest BCUT2D eigenvalue weighted by molar-refractivity contribution is 5.96. The van der Waals surface area contributed by atoms with Crippen molar-refractivity contribution in [1.82, 2.24) is 0 Å². The zero-order valence-electron chi connectivity index (χ0n) is 15.7. The van der Waals surface area contributed by atoms with Gasteiger partial charge >= 0.3 is 0 Å². The SMILES string of the molecule is CCC(Oc1ccc(C)cc1)C(=O)Nc1cccc(NC(=O)C(C)C)c1. The monoisotopic (exact) mass is 354 g/mol. The number of rotatable bonds is 7. The van der Waals surface area contributed by atoms with Gasteiger partial charge in [0.15, 0.2) is 6.10 Å². The molecule has 2 aromatic rings. The highest BCUT2D eigenvalue weighted by atomic mass is 16.5. The Balaban J connectivity index is 2.02. The zero-order chi connectivity index (χ0) is 19.1. The Morgan fingerprint density at radius 3 is 2.08 bits per heavy atom. The van der Waals surface area contributed by atoms with Crippen LogP contribution in [0, 0.1) is 12.8 Å². The first-order chi connectivity index (χ1) is 12.4. The van der Waals surface area contributed by atoms with Crippen molar-refractivity contribution in [2.45, 2.75) is 40.2 Å². The molecular weight excluding hydrogens is 328 g/mol. The normalized spacial score (nSPS) is 11.7. The van der Waals surface area contributed by atoms with Crippen molar-refractivity contribution >= 4 is 23.2 Å². The van der Waals surface area contributed by atoms with Crippen LogP contribution in [-0.4, -0.2) is 17.9 Å². The molecule has 0 aliphatic carbocycles. The van der Waals surface area contributed by atoms with Crippen LogP contribution in [0.2, 0.25) is 0 Å². The number of ether oxygens (including phenoxy) is 1. The van der Waals surface area contributed by atoms with Crippen LogP contribution < -0.4 is 15.4 Å². The number of hydrogen-bond donors (Lipinski definition) is 2. The number of carbonyl (C=O) groups is 2. The fraction of sp³-hybridized carbons (Fsp3) is 0.333. The third-order valence-corrected chi connectivity index (χ3v) is 3.88. The second-order valence-electron chi connectivity index (χ2n) is 6.54. The highest BCUT2D eigenvalue weighted by Gasteiger charge is 2.19. The van der Waals surface area contributed by atoms with Crippen LogP contribution in [-0.2, 0) is 9.59 Å². The van der Waals surface area contributed by atoms with Crippen molar-refractivity contribution in [2.75, 3.05) is 10.6 Å². The summed E-state index contributed by atoms with van der Waals surface area (Å²) >= 11 is 0. The molecular formula is C21H26N2O3. The van der Waals surface area contributed by atoms with Crippen LogP contribution in [0.15, 0.2) is 48.5 Å². The molecule has 0 spiro atoms. The standard InChI is InChI=1S/C21H26N2O3/c1-5-19(26-18-11-9-15(4)10-12-18)21(25)23-17-8-6-7-16(13-17)22-20(24)14(2)3/h6-14,19H,5H2,1-4H3,(H,22,24)(H,23,25). The molecule has 0 radical (unpaired) electrons. The molecule has 0 saturated heterocycles. The Labute approximate surface area is 154 Å².